The molecule has 1 aromatic heterocycles. The highest BCUT2D eigenvalue weighted by molar-refractivity contribution is 7.16. The molecule has 0 N–H and O–H groups in total. The van der Waals surface area contributed by atoms with Crippen LogP contribution in [0.2, 0.25) is 0 Å². The van der Waals surface area contributed by atoms with E-state index in [1.54, 1.807) is 11.3 Å². The summed E-state index contributed by atoms with van der Waals surface area (Å²) in [7, 11) is 0. The van der Waals surface area contributed by atoms with Gasteiger partial charge in [-0.2, -0.15) is 0 Å². The van der Waals surface area contributed by atoms with Crippen LogP contribution in [0, 0.1) is 6.92 Å². The van der Waals surface area contributed by atoms with E-state index in [1.807, 2.05) is 23.7 Å². The molecule has 16 heavy (non-hydrogen) atoms. The first-order chi connectivity index (χ1) is 7.86. The first-order valence-corrected chi connectivity index (χ1v) is 5.98. The molecule has 0 bridgehead atoms. The normalized spacial score (nSPS) is 10.8. The standard InChI is InChI=1S/C14H10NS/c1-10-7-8-12-14(15-9-16-12)13(10)11-5-3-2-4-6-11/h2-9H,1H2. The third-order valence-corrected chi connectivity index (χ3v) is 3.45. The van der Waals surface area contributed by atoms with Gasteiger partial charge in [-0.3, -0.25) is 0 Å². The highest BCUT2D eigenvalue weighted by Crippen LogP contribution is 2.32. The summed E-state index contributed by atoms with van der Waals surface area (Å²) in [4.78, 5) is 4.43. The van der Waals surface area contributed by atoms with Gasteiger partial charge in [-0.25, -0.2) is 4.98 Å². The van der Waals surface area contributed by atoms with Crippen LogP contribution in [0.25, 0.3) is 21.3 Å². The molecule has 1 heterocycles. The predicted octanol–water partition coefficient (Wildman–Crippen LogP) is 4.15. The van der Waals surface area contributed by atoms with Crippen molar-refractivity contribution in [1.29, 1.82) is 0 Å². The lowest BCUT2D eigenvalue weighted by Gasteiger charge is -2.06. The van der Waals surface area contributed by atoms with E-state index in [2.05, 4.69) is 36.2 Å². The Bertz CT molecular complexity index is 626. The molecule has 2 heteroatoms. The van der Waals surface area contributed by atoms with Crippen LogP contribution in [0.3, 0.4) is 0 Å². The molecule has 0 atom stereocenters. The van der Waals surface area contributed by atoms with Crippen molar-refractivity contribution in [3.63, 3.8) is 0 Å². The van der Waals surface area contributed by atoms with E-state index < -0.39 is 0 Å². The summed E-state index contributed by atoms with van der Waals surface area (Å²) in [6.07, 6.45) is 0. The van der Waals surface area contributed by atoms with Gasteiger partial charge in [0.1, 0.15) is 0 Å². The summed E-state index contributed by atoms with van der Waals surface area (Å²) in [6.45, 7) is 4.09. The van der Waals surface area contributed by atoms with Crippen molar-refractivity contribution in [2.75, 3.05) is 0 Å². The minimum Gasteiger partial charge on any atom is -0.244 e. The van der Waals surface area contributed by atoms with Gasteiger partial charge in [0.05, 0.1) is 15.7 Å². The SMILES string of the molecule is [CH2]c1ccc2scnc2c1-c1ccccc1. The van der Waals surface area contributed by atoms with Crippen LogP contribution >= 0.6 is 11.3 Å². The molecule has 3 aromatic rings. The largest absolute Gasteiger partial charge is 0.244 e. The summed E-state index contributed by atoms with van der Waals surface area (Å²) in [5.41, 5.74) is 6.31. The average Bonchev–Trinajstić information content (AvgIpc) is 2.78. The minimum atomic E-state index is 1.03. The van der Waals surface area contributed by atoms with Gasteiger partial charge >= 0.3 is 0 Å². The number of rotatable bonds is 1. The average molecular weight is 224 g/mol. The van der Waals surface area contributed by atoms with Crippen LogP contribution in [-0.4, -0.2) is 4.98 Å². The Balaban J connectivity index is 2.38. The fourth-order valence-corrected chi connectivity index (χ4v) is 2.58. The monoisotopic (exact) mass is 224 g/mol. The Labute approximate surface area is 98.4 Å². The Hall–Kier alpha value is -1.67. The molecule has 0 spiro atoms. The van der Waals surface area contributed by atoms with E-state index in [-0.39, 0.29) is 0 Å². The molecule has 0 saturated heterocycles. The zero-order valence-electron chi connectivity index (χ0n) is 8.68. The van der Waals surface area contributed by atoms with Crippen molar-refractivity contribution in [3.8, 4) is 11.1 Å². The second-order valence-electron chi connectivity index (χ2n) is 3.66. The highest BCUT2D eigenvalue weighted by Gasteiger charge is 2.08. The van der Waals surface area contributed by atoms with Gasteiger partial charge < -0.3 is 0 Å². The second-order valence-corrected chi connectivity index (χ2v) is 4.55. The Kier molecular flexibility index (Phi) is 2.22. The maximum Gasteiger partial charge on any atom is 0.0893 e. The van der Waals surface area contributed by atoms with E-state index in [9.17, 15) is 0 Å². The van der Waals surface area contributed by atoms with Gasteiger partial charge in [-0.1, -0.05) is 36.4 Å². The Morgan fingerprint density at radius 3 is 2.62 bits per heavy atom. The van der Waals surface area contributed by atoms with Crippen molar-refractivity contribution in [3.05, 3.63) is 60.5 Å². The van der Waals surface area contributed by atoms with Crippen LogP contribution in [0.4, 0.5) is 0 Å². The number of aromatic nitrogens is 1. The van der Waals surface area contributed by atoms with E-state index >= 15 is 0 Å². The molecule has 77 valence electrons. The van der Waals surface area contributed by atoms with Gasteiger partial charge in [0.25, 0.3) is 0 Å². The van der Waals surface area contributed by atoms with Crippen molar-refractivity contribution >= 4 is 21.6 Å². The number of benzene rings is 2. The molecule has 3 rings (SSSR count). The molecular formula is C14H10NS. The Morgan fingerprint density at radius 2 is 1.81 bits per heavy atom. The molecule has 2 aromatic carbocycles. The lowest BCUT2D eigenvalue weighted by atomic mass is 9.99. The highest BCUT2D eigenvalue weighted by atomic mass is 32.1. The smallest absolute Gasteiger partial charge is 0.0893 e. The third-order valence-electron chi connectivity index (χ3n) is 2.65. The molecule has 0 unspecified atom stereocenters. The van der Waals surface area contributed by atoms with E-state index in [0.717, 1.165) is 16.6 Å². The fourth-order valence-electron chi connectivity index (χ4n) is 1.90. The number of hydrogen-bond acceptors (Lipinski definition) is 2. The maximum absolute atomic E-state index is 4.43. The van der Waals surface area contributed by atoms with Crippen molar-refractivity contribution < 1.29 is 0 Å². The quantitative estimate of drug-likeness (QED) is 0.605. The van der Waals surface area contributed by atoms with Crippen LogP contribution in [0.1, 0.15) is 5.56 Å². The van der Waals surface area contributed by atoms with Crippen LogP contribution in [0.5, 0.6) is 0 Å². The van der Waals surface area contributed by atoms with E-state index in [4.69, 9.17) is 0 Å². The summed E-state index contributed by atoms with van der Waals surface area (Å²) in [5, 5.41) is 0. The van der Waals surface area contributed by atoms with Crippen LogP contribution in [0.15, 0.2) is 48.0 Å². The molecular weight excluding hydrogens is 214 g/mol. The topological polar surface area (TPSA) is 12.9 Å². The molecule has 0 saturated carbocycles. The third kappa shape index (κ3) is 1.42. The minimum absolute atomic E-state index is 1.03. The maximum atomic E-state index is 4.43. The van der Waals surface area contributed by atoms with Crippen LogP contribution in [-0.2, 0) is 0 Å². The number of fused-ring (bicyclic) bond motifs is 1. The van der Waals surface area contributed by atoms with E-state index in [0.29, 0.717) is 0 Å². The summed E-state index contributed by atoms with van der Waals surface area (Å²) in [6, 6.07) is 14.4. The van der Waals surface area contributed by atoms with Crippen molar-refractivity contribution in [2.24, 2.45) is 0 Å². The van der Waals surface area contributed by atoms with E-state index in [1.165, 1.54) is 10.3 Å². The van der Waals surface area contributed by atoms with Crippen molar-refractivity contribution in [2.45, 2.75) is 0 Å². The lowest BCUT2D eigenvalue weighted by molar-refractivity contribution is 1.48. The molecule has 0 aliphatic rings. The molecule has 1 nitrogen and oxygen atoms in total. The molecule has 0 fully saturated rings. The van der Waals surface area contributed by atoms with Crippen molar-refractivity contribution in [1.82, 2.24) is 4.98 Å². The number of nitrogens with zero attached hydrogens (tertiary/aromatic N) is 1. The lowest BCUT2D eigenvalue weighted by Crippen LogP contribution is -1.84. The van der Waals surface area contributed by atoms with Gasteiger partial charge in [0.15, 0.2) is 0 Å². The number of hydrogen-bond donors (Lipinski definition) is 0. The predicted molar refractivity (Wildman–Crippen MR) is 69.5 cm³/mol. The molecule has 0 amide bonds. The number of thiazole rings is 1. The van der Waals surface area contributed by atoms with Gasteiger partial charge in [-0.05, 0) is 24.1 Å². The summed E-state index contributed by atoms with van der Waals surface area (Å²) >= 11 is 1.67. The second kappa shape index (κ2) is 3.72. The zero-order valence-corrected chi connectivity index (χ0v) is 9.50. The van der Waals surface area contributed by atoms with Crippen LogP contribution < -0.4 is 0 Å². The molecule has 1 radical (unpaired) electrons. The van der Waals surface area contributed by atoms with Gasteiger partial charge in [0.2, 0.25) is 0 Å². The van der Waals surface area contributed by atoms with Gasteiger partial charge in [-0.15, -0.1) is 11.3 Å². The zero-order chi connectivity index (χ0) is 11.0. The first-order valence-electron chi connectivity index (χ1n) is 5.10. The first kappa shape index (κ1) is 9.55. The molecule has 0 aliphatic heterocycles. The Morgan fingerprint density at radius 1 is 1.00 bits per heavy atom. The van der Waals surface area contributed by atoms with Gasteiger partial charge in [0, 0.05) is 5.56 Å². The fraction of sp³-hybridized carbons (Fsp3) is 0. The summed E-state index contributed by atoms with van der Waals surface area (Å²) < 4.78 is 1.21. The molecule has 0 aliphatic carbocycles. The summed E-state index contributed by atoms with van der Waals surface area (Å²) in [5.74, 6) is 0.